The van der Waals surface area contributed by atoms with Crippen LogP contribution in [0.5, 0.6) is 0 Å². The number of sulfonamides is 1. The van der Waals surface area contributed by atoms with E-state index in [2.05, 4.69) is 20.7 Å². The third-order valence-corrected chi connectivity index (χ3v) is 6.61. The molecular formula is C20H30N4O5S. The monoisotopic (exact) mass is 438 g/mol. The maximum absolute atomic E-state index is 12.7. The summed E-state index contributed by atoms with van der Waals surface area (Å²) in [6.45, 7) is 5.05. The first-order chi connectivity index (χ1) is 14.1. The molecule has 0 bridgehead atoms. The van der Waals surface area contributed by atoms with E-state index >= 15 is 0 Å². The Hall–Kier alpha value is -2.46. The van der Waals surface area contributed by atoms with E-state index in [-0.39, 0.29) is 16.7 Å². The molecule has 166 valence electrons. The summed E-state index contributed by atoms with van der Waals surface area (Å²) in [7, 11) is -3.96. The maximum atomic E-state index is 12.7. The molecule has 1 aliphatic carbocycles. The van der Waals surface area contributed by atoms with Crippen molar-refractivity contribution in [3.63, 3.8) is 0 Å². The Balaban J connectivity index is 2.09. The van der Waals surface area contributed by atoms with Crippen molar-refractivity contribution in [3.05, 3.63) is 24.3 Å². The minimum atomic E-state index is -3.96. The van der Waals surface area contributed by atoms with Gasteiger partial charge in [-0.2, -0.15) is 4.72 Å². The van der Waals surface area contributed by atoms with Crippen LogP contribution in [0.15, 0.2) is 29.2 Å². The lowest BCUT2D eigenvalue weighted by Crippen LogP contribution is -2.62. The van der Waals surface area contributed by atoms with Gasteiger partial charge in [-0.05, 0) is 51.0 Å². The summed E-state index contributed by atoms with van der Waals surface area (Å²) < 4.78 is 27.6. The summed E-state index contributed by atoms with van der Waals surface area (Å²) in [5.74, 6) is -1.05. The van der Waals surface area contributed by atoms with Crippen LogP contribution in [0, 0.1) is 0 Å². The quantitative estimate of drug-likeness (QED) is 0.485. The first-order valence-corrected chi connectivity index (χ1v) is 11.6. The lowest BCUT2D eigenvalue weighted by Gasteiger charge is -2.37. The van der Waals surface area contributed by atoms with E-state index in [1.165, 1.54) is 38.1 Å². The zero-order chi connectivity index (χ0) is 22.4. The Bertz CT molecular complexity index is 877. The molecule has 1 atom stereocenters. The predicted octanol–water partition coefficient (Wildman–Crippen LogP) is 1.27. The number of carbonyl (C=O) groups excluding carboxylic acids is 3. The van der Waals surface area contributed by atoms with Crippen LogP contribution in [0.25, 0.3) is 0 Å². The zero-order valence-corrected chi connectivity index (χ0v) is 18.4. The number of anilines is 1. The second-order valence-corrected chi connectivity index (χ2v) is 9.25. The smallest absolute Gasteiger partial charge is 0.245 e. The molecular weight excluding hydrogens is 408 g/mol. The van der Waals surface area contributed by atoms with E-state index in [1.54, 1.807) is 0 Å². The number of benzene rings is 1. The molecule has 0 saturated heterocycles. The average Bonchev–Trinajstić information content (AvgIpc) is 2.68. The van der Waals surface area contributed by atoms with Crippen molar-refractivity contribution in [2.75, 3.05) is 11.9 Å². The van der Waals surface area contributed by atoms with E-state index in [1.807, 2.05) is 6.92 Å². The molecule has 0 radical (unpaired) electrons. The second kappa shape index (κ2) is 10.0. The third-order valence-electron chi connectivity index (χ3n) is 5.05. The van der Waals surface area contributed by atoms with Gasteiger partial charge in [0, 0.05) is 19.2 Å². The molecule has 1 aromatic rings. The Morgan fingerprint density at radius 1 is 1.07 bits per heavy atom. The largest absolute Gasteiger partial charge is 0.354 e. The fourth-order valence-corrected chi connectivity index (χ4v) is 4.72. The Morgan fingerprint density at radius 2 is 1.67 bits per heavy atom. The molecule has 9 nitrogen and oxygen atoms in total. The van der Waals surface area contributed by atoms with Crippen LogP contribution in [0.2, 0.25) is 0 Å². The molecule has 1 fully saturated rings. The van der Waals surface area contributed by atoms with Gasteiger partial charge >= 0.3 is 0 Å². The van der Waals surface area contributed by atoms with Gasteiger partial charge in [0.1, 0.15) is 5.54 Å². The van der Waals surface area contributed by atoms with Gasteiger partial charge in [0.25, 0.3) is 0 Å². The summed E-state index contributed by atoms with van der Waals surface area (Å²) in [5, 5.41) is 8.12. The molecule has 10 heteroatoms. The van der Waals surface area contributed by atoms with Crippen LogP contribution >= 0.6 is 0 Å². The Kier molecular flexibility index (Phi) is 7.96. The third kappa shape index (κ3) is 6.02. The predicted molar refractivity (Wildman–Crippen MR) is 113 cm³/mol. The van der Waals surface area contributed by atoms with Crippen molar-refractivity contribution in [2.24, 2.45) is 0 Å². The van der Waals surface area contributed by atoms with Gasteiger partial charge in [-0.3, -0.25) is 14.4 Å². The topological polar surface area (TPSA) is 133 Å². The van der Waals surface area contributed by atoms with Crippen molar-refractivity contribution in [2.45, 2.75) is 69.4 Å². The molecule has 30 heavy (non-hydrogen) atoms. The van der Waals surface area contributed by atoms with E-state index < -0.39 is 27.5 Å². The lowest BCUT2D eigenvalue weighted by atomic mass is 9.80. The maximum Gasteiger partial charge on any atom is 0.245 e. The molecule has 4 N–H and O–H groups in total. The van der Waals surface area contributed by atoms with Crippen LogP contribution in [-0.4, -0.2) is 44.3 Å². The van der Waals surface area contributed by atoms with Gasteiger partial charge in [0.05, 0.1) is 10.9 Å². The minimum Gasteiger partial charge on any atom is -0.354 e. The number of rotatable bonds is 8. The SMILES string of the molecule is CCNC(=O)C1(NC(=O)[C@H](C)NS(=O)(=O)c2ccc(NC(C)=O)cc2)CCCCC1. The molecule has 3 amide bonds. The fourth-order valence-electron chi connectivity index (χ4n) is 3.51. The molecule has 0 unspecified atom stereocenters. The van der Waals surface area contributed by atoms with Crippen LogP contribution in [-0.2, 0) is 24.4 Å². The highest BCUT2D eigenvalue weighted by molar-refractivity contribution is 7.89. The van der Waals surface area contributed by atoms with Crippen molar-refractivity contribution in [3.8, 4) is 0 Å². The average molecular weight is 439 g/mol. The van der Waals surface area contributed by atoms with Gasteiger partial charge in [-0.25, -0.2) is 8.42 Å². The van der Waals surface area contributed by atoms with Crippen molar-refractivity contribution in [1.82, 2.24) is 15.4 Å². The van der Waals surface area contributed by atoms with Crippen LogP contribution in [0.3, 0.4) is 0 Å². The summed E-state index contributed by atoms with van der Waals surface area (Å²) in [5.41, 5.74) is -0.543. The van der Waals surface area contributed by atoms with Crippen LogP contribution < -0.4 is 20.7 Å². The molecule has 0 aliphatic heterocycles. The minimum absolute atomic E-state index is 0.0349. The highest BCUT2D eigenvalue weighted by Crippen LogP contribution is 2.28. The summed E-state index contributed by atoms with van der Waals surface area (Å²) in [6.07, 6.45) is 3.67. The van der Waals surface area contributed by atoms with Crippen molar-refractivity contribution < 1.29 is 22.8 Å². The number of nitrogens with one attached hydrogen (secondary N) is 4. The number of hydrogen-bond acceptors (Lipinski definition) is 5. The van der Waals surface area contributed by atoms with E-state index in [0.717, 1.165) is 19.3 Å². The molecule has 0 spiro atoms. The zero-order valence-electron chi connectivity index (χ0n) is 17.6. The highest BCUT2D eigenvalue weighted by Gasteiger charge is 2.41. The van der Waals surface area contributed by atoms with Crippen molar-refractivity contribution in [1.29, 1.82) is 0 Å². The van der Waals surface area contributed by atoms with Gasteiger partial charge in [-0.1, -0.05) is 19.3 Å². The molecule has 2 rings (SSSR count). The summed E-state index contributed by atoms with van der Waals surface area (Å²) in [6, 6.07) is 4.54. The van der Waals surface area contributed by atoms with Gasteiger partial charge in [0.2, 0.25) is 27.7 Å². The van der Waals surface area contributed by atoms with Crippen molar-refractivity contribution >= 4 is 33.4 Å². The molecule has 1 aliphatic rings. The standard InChI is InChI=1S/C20H30N4O5S/c1-4-21-19(27)20(12-6-5-7-13-20)23-18(26)14(2)24-30(28,29)17-10-8-16(9-11-17)22-15(3)25/h8-11,14,24H,4-7,12-13H2,1-3H3,(H,21,27)(H,22,25)(H,23,26)/t14-/m0/s1. The Labute approximate surface area is 177 Å². The van der Waals surface area contributed by atoms with Crippen LogP contribution in [0.4, 0.5) is 5.69 Å². The number of likely N-dealkylation sites (N-methyl/N-ethyl adjacent to an activating group) is 1. The normalized spacial score (nSPS) is 16.9. The molecule has 1 aromatic carbocycles. The van der Waals surface area contributed by atoms with Gasteiger partial charge in [-0.15, -0.1) is 0 Å². The number of amides is 3. The van der Waals surface area contributed by atoms with Crippen LogP contribution in [0.1, 0.15) is 52.9 Å². The van der Waals surface area contributed by atoms with E-state index in [0.29, 0.717) is 25.1 Å². The van der Waals surface area contributed by atoms with E-state index in [4.69, 9.17) is 0 Å². The number of hydrogen-bond donors (Lipinski definition) is 4. The molecule has 0 heterocycles. The highest BCUT2D eigenvalue weighted by atomic mass is 32.2. The van der Waals surface area contributed by atoms with Gasteiger partial charge in [0.15, 0.2) is 0 Å². The molecule has 1 saturated carbocycles. The van der Waals surface area contributed by atoms with Gasteiger partial charge < -0.3 is 16.0 Å². The first kappa shape index (κ1) is 23.8. The van der Waals surface area contributed by atoms with E-state index in [9.17, 15) is 22.8 Å². The number of carbonyl (C=O) groups is 3. The second-order valence-electron chi connectivity index (χ2n) is 7.54. The summed E-state index contributed by atoms with van der Waals surface area (Å²) >= 11 is 0. The lowest BCUT2D eigenvalue weighted by molar-refractivity contribution is -0.135. The first-order valence-electron chi connectivity index (χ1n) is 10.1. The summed E-state index contributed by atoms with van der Waals surface area (Å²) in [4.78, 5) is 36.4. The molecule has 0 aromatic heterocycles. The fraction of sp³-hybridized carbons (Fsp3) is 0.550. The Morgan fingerprint density at radius 3 is 2.20 bits per heavy atom.